The van der Waals surface area contributed by atoms with E-state index in [0.29, 0.717) is 0 Å². The van der Waals surface area contributed by atoms with E-state index in [1.807, 2.05) is 6.07 Å². The van der Waals surface area contributed by atoms with E-state index in [2.05, 4.69) is 0 Å². The van der Waals surface area contributed by atoms with E-state index in [9.17, 15) is 9.50 Å². The molecule has 2 heteroatoms. The van der Waals surface area contributed by atoms with Gasteiger partial charge in [0, 0.05) is 5.41 Å². The topological polar surface area (TPSA) is 20.2 Å². The summed E-state index contributed by atoms with van der Waals surface area (Å²) in [7, 11) is 0. The lowest BCUT2D eigenvalue weighted by Gasteiger charge is -2.40. The van der Waals surface area contributed by atoms with Gasteiger partial charge in [-0.2, -0.15) is 0 Å². The first-order valence-corrected chi connectivity index (χ1v) is 4.62. The maximum absolute atomic E-state index is 12.8. The minimum Gasteiger partial charge on any atom is -0.508 e. The van der Waals surface area contributed by atoms with Crippen molar-refractivity contribution in [3.05, 3.63) is 29.8 Å². The fourth-order valence-corrected chi connectivity index (χ4v) is 1.94. The van der Waals surface area contributed by atoms with E-state index in [-0.39, 0.29) is 17.8 Å². The molecule has 13 heavy (non-hydrogen) atoms. The van der Waals surface area contributed by atoms with E-state index in [4.69, 9.17) is 0 Å². The van der Waals surface area contributed by atoms with E-state index < -0.39 is 0 Å². The lowest BCUT2D eigenvalue weighted by molar-refractivity contribution is 0.184. The van der Waals surface area contributed by atoms with Crippen LogP contribution in [-0.4, -0.2) is 11.8 Å². The van der Waals surface area contributed by atoms with Crippen LogP contribution in [0.2, 0.25) is 0 Å². The molecule has 1 fully saturated rings. The highest BCUT2D eigenvalue weighted by Gasteiger charge is 2.38. The van der Waals surface area contributed by atoms with Crippen molar-refractivity contribution in [1.82, 2.24) is 0 Å². The van der Waals surface area contributed by atoms with Crippen LogP contribution in [0.1, 0.15) is 24.8 Å². The van der Waals surface area contributed by atoms with Gasteiger partial charge >= 0.3 is 0 Å². The van der Waals surface area contributed by atoms with E-state index in [0.717, 1.165) is 24.8 Å². The number of aromatic hydroxyl groups is 1. The number of benzene rings is 1. The second kappa shape index (κ2) is 3.02. The molecule has 0 spiro atoms. The van der Waals surface area contributed by atoms with Crippen LogP contribution in [0.4, 0.5) is 4.39 Å². The summed E-state index contributed by atoms with van der Waals surface area (Å²) in [6, 6.07) is 6.98. The van der Waals surface area contributed by atoms with Crippen LogP contribution in [0.15, 0.2) is 24.3 Å². The lowest BCUT2D eigenvalue weighted by Crippen LogP contribution is -2.36. The van der Waals surface area contributed by atoms with Gasteiger partial charge in [0.1, 0.15) is 5.75 Å². The smallest absolute Gasteiger partial charge is 0.115 e. The molecule has 0 amide bonds. The Hall–Kier alpha value is -1.05. The molecule has 0 unspecified atom stereocenters. The standard InChI is InChI=1S/C11H13FO/c12-8-11(5-2-6-11)9-3-1-4-10(13)7-9/h1,3-4,7,13H,2,5-6,8H2. The highest BCUT2D eigenvalue weighted by atomic mass is 19.1. The molecule has 1 saturated carbocycles. The predicted octanol–water partition coefficient (Wildman–Crippen LogP) is 2.78. The summed E-state index contributed by atoms with van der Waals surface area (Å²) < 4.78 is 12.8. The maximum Gasteiger partial charge on any atom is 0.115 e. The summed E-state index contributed by atoms with van der Waals surface area (Å²) in [4.78, 5) is 0. The van der Waals surface area contributed by atoms with Crippen molar-refractivity contribution in [2.24, 2.45) is 0 Å². The summed E-state index contributed by atoms with van der Waals surface area (Å²) in [5.41, 5.74) is 0.667. The normalized spacial score (nSPS) is 19.5. The van der Waals surface area contributed by atoms with Gasteiger partial charge in [0.15, 0.2) is 0 Å². The number of phenols is 1. The molecule has 1 N–H and O–H groups in total. The molecule has 0 heterocycles. The second-order valence-electron chi connectivity index (χ2n) is 3.82. The molecule has 0 radical (unpaired) electrons. The van der Waals surface area contributed by atoms with Crippen LogP contribution in [0.5, 0.6) is 5.75 Å². The maximum atomic E-state index is 12.8. The Bertz CT molecular complexity index is 299. The zero-order chi connectivity index (χ0) is 9.31. The molecule has 0 bridgehead atoms. The molecular weight excluding hydrogens is 167 g/mol. The molecule has 70 valence electrons. The SMILES string of the molecule is Oc1cccc(C2(CF)CCC2)c1. The lowest BCUT2D eigenvalue weighted by atomic mass is 9.65. The van der Waals surface area contributed by atoms with Gasteiger partial charge in [-0.05, 0) is 30.5 Å². The third-order valence-electron chi connectivity index (χ3n) is 3.02. The molecule has 2 rings (SSSR count). The van der Waals surface area contributed by atoms with Gasteiger partial charge in [-0.15, -0.1) is 0 Å². The molecule has 1 aliphatic rings. The van der Waals surface area contributed by atoms with Crippen molar-refractivity contribution in [2.45, 2.75) is 24.7 Å². The van der Waals surface area contributed by atoms with Gasteiger partial charge in [0.25, 0.3) is 0 Å². The minimum atomic E-state index is -0.309. The van der Waals surface area contributed by atoms with Gasteiger partial charge in [-0.1, -0.05) is 18.6 Å². The highest BCUT2D eigenvalue weighted by Crippen LogP contribution is 2.44. The summed E-state index contributed by atoms with van der Waals surface area (Å²) in [5, 5.41) is 9.27. The molecule has 1 aromatic carbocycles. The monoisotopic (exact) mass is 180 g/mol. The largest absolute Gasteiger partial charge is 0.508 e. The first kappa shape index (κ1) is 8.54. The van der Waals surface area contributed by atoms with Crippen LogP contribution in [0, 0.1) is 0 Å². The minimum absolute atomic E-state index is 0.234. The molecule has 0 aromatic heterocycles. The van der Waals surface area contributed by atoms with E-state index in [1.165, 1.54) is 0 Å². The van der Waals surface area contributed by atoms with Crippen molar-refractivity contribution in [3.63, 3.8) is 0 Å². The fourth-order valence-electron chi connectivity index (χ4n) is 1.94. The summed E-state index contributed by atoms with van der Waals surface area (Å²) >= 11 is 0. The van der Waals surface area contributed by atoms with Gasteiger partial charge in [0.05, 0.1) is 6.67 Å². The zero-order valence-electron chi connectivity index (χ0n) is 7.46. The molecule has 1 aliphatic carbocycles. The van der Waals surface area contributed by atoms with Crippen molar-refractivity contribution in [2.75, 3.05) is 6.67 Å². The molecule has 1 aromatic rings. The molecular formula is C11H13FO. The van der Waals surface area contributed by atoms with Crippen LogP contribution in [-0.2, 0) is 5.41 Å². The Balaban J connectivity index is 2.33. The van der Waals surface area contributed by atoms with Crippen LogP contribution < -0.4 is 0 Å². The fraction of sp³-hybridized carbons (Fsp3) is 0.455. The van der Waals surface area contributed by atoms with Gasteiger partial charge in [-0.25, -0.2) is 0 Å². The molecule has 0 saturated heterocycles. The first-order valence-electron chi connectivity index (χ1n) is 4.62. The zero-order valence-corrected chi connectivity index (χ0v) is 7.46. The highest BCUT2D eigenvalue weighted by molar-refractivity contribution is 5.34. The number of phenolic OH excluding ortho intramolecular Hbond substituents is 1. The Morgan fingerprint density at radius 2 is 2.15 bits per heavy atom. The number of hydrogen-bond donors (Lipinski definition) is 1. The predicted molar refractivity (Wildman–Crippen MR) is 49.6 cm³/mol. The number of rotatable bonds is 2. The summed E-state index contributed by atoms with van der Waals surface area (Å²) in [6.45, 7) is -0.309. The Kier molecular flexibility index (Phi) is 1.98. The van der Waals surface area contributed by atoms with Gasteiger partial charge in [-0.3, -0.25) is 4.39 Å². The number of alkyl halides is 1. The average Bonchev–Trinajstić information content (AvgIpc) is 2.03. The molecule has 1 nitrogen and oxygen atoms in total. The number of halogens is 1. The first-order chi connectivity index (χ1) is 6.27. The van der Waals surface area contributed by atoms with Gasteiger partial charge in [0.2, 0.25) is 0 Å². The Labute approximate surface area is 77.2 Å². The Morgan fingerprint density at radius 1 is 1.38 bits per heavy atom. The van der Waals surface area contributed by atoms with Crippen LogP contribution >= 0.6 is 0 Å². The quantitative estimate of drug-likeness (QED) is 0.742. The summed E-state index contributed by atoms with van der Waals surface area (Å²) in [5.74, 6) is 0.234. The summed E-state index contributed by atoms with van der Waals surface area (Å²) in [6.07, 6.45) is 2.92. The third-order valence-corrected chi connectivity index (χ3v) is 3.02. The second-order valence-corrected chi connectivity index (χ2v) is 3.82. The Morgan fingerprint density at radius 3 is 2.62 bits per heavy atom. The van der Waals surface area contributed by atoms with Crippen molar-refractivity contribution < 1.29 is 9.50 Å². The van der Waals surface area contributed by atoms with E-state index >= 15 is 0 Å². The van der Waals surface area contributed by atoms with Gasteiger partial charge < -0.3 is 5.11 Å². The average molecular weight is 180 g/mol. The van der Waals surface area contributed by atoms with Crippen molar-refractivity contribution in [3.8, 4) is 5.75 Å². The van der Waals surface area contributed by atoms with E-state index in [1.54, 1.807) is 18.2 Å². The van der Waals surface area contributed by atoms with Crippen LogP contribution in [0.3, 0.4) is 0 Å². The molecule has 0 atom stereocenters. The number of hydrogen-bond acceptors (Lipinski definition) is 1. The van der Waals surface area contributed by atoms with Crippen molar-refractivity contribution in [1.29, 1.82) is 0 Å². The van der Waals surface area contributed by atoms with Crippen molar-refractivity contribution >= 4 is 0 Å². The molecule has 0 aliphatic heterocycles. The van der Waals surface area contributed by atoms with Crippen LogP contribution in [0.25, 0.3) is 0 Å². The third kappa shape index (κ3) is 1.30.